The second-order valence-electron chi connectivity index (χ2n) is 6.01. The molecule has 1 heterocycles. The van der Waals surface area contributed by atoms with Crippen LogP contribution in [0.25, 0.3) is 0 Å². The smallest absolute Gasteiger partial charge is 0.254 e. The van der Waals surface area contributed by atoms with Gasteiger partial charge in [-0.25, -0.2) is 0 Å². The highest BCUT2D eigenvalue weighted by Crippen LogP contribution is 2.27. The summed E-state index contributed by atoms with van der Waals surface area (Å²) in [4.78, 5) is 14.8. The Labute approximate surface area is 122 Å². The van der Waals surface area contributed by atoms with E-state index < -0.39 is 0 Å². The molecule has 0 aromatic heterocycles. The van der Waals surface area contributed by atoms with Gasteiger partial charge in [0.15, 0.2) is 0 Å². The van der Waals surface area contributed by atoms with Crippen LogP contribution in [0.15, 0.2) is 18.2 Å². The van der Waals surface area contributed by atoms with Crippen molar-refractivity contribution in [2.45, 2.75) is 46.1 Å². The Morgan fingerprint density at radius 1 is 1.40 bits per heavy atom. The van der Waals surface area contributed by atoms with E-state index in [0.717, 1.165) is 30.5 Å². The van der Waals surface area contributed by atoms with Gasteiger partial charge in [0.1, 0.15) is 0 Å². The van der Waals surface area contributed by atoms with Crippen LogP contribution in [0.2, 0.25) is 0 Å². The lowest BCUT2D eigenvalue weighted by atomic mass is 9.88. The van der Waals surface area contributed by atoms with Gasteiger partial charge in [0.25, 0.3) is 5.91 Å². The fourth-order valence-electron chi connectivity index (χ4n) is 3.20. The topological polar surface area (TPSA) is 46.3 Å². The summed E-state index contributed by atoms with van der Waals surface area (Å²) in [5, 5.41) is 0. The number of benzene rings is 1. The van der Waals surface area contributed by atoms with Crippen molar-refractivity contribution in [1.29, 1.82) is 0 Å². The van der Waals surface area contributed by atoms with Gasteiger partial charge in [-0.15, -0.1) is 0 Å². The summed E-state index contributed by atoms with van der Waals surface area (Å²) in [6.45, 7) is 7.69. The maximum absolute atomic E-state index is 12.8. The molecule has 0 bridgehead atoms. The number of rotatable bonds is 3. The Bertz CT molecular complexity index is 484. The van der Waals surface area contributed by atoms with Crippen molar-refractivity contribution in [2.75, 3.05) is 13.1 Å². The Hall–Kier alpha value is -1.35. The van der Waals surface area contributed by atoms with Gasteiger partial charge in [0.05, 0.1) is 0 Å². The van der Waals surface area contributed by atoms with Crippen LogP contribution in [0, 0.1) is 19.8 Å². The van der Waals surface area contributed by atoms with E-state index in [1.165, 1.54) is 12.0 Å². The number of likely N-dealkylation sites (tertiary alicyclic amines) is 1. The van der Waals surface area contributed by atoms with Gasteiger partial charge in [-0.2, -0.15) is 0 Å². The Morgan fingerprint density at radius 3 is 2.75 bits per heavy atom. The molecule has 3 heteroatoms. The molecule has 0 radical (unpaired) electrons. The van der Waals surface area contributed by atoms with Crippen LogP contribution in [-0.4, -0.2) is 29.9 Å². The van der Waals surface area contributed by atoms with Gasteiger partial charge < -0.3 is 10.6 Å². The van der Waals surface area contributed by atoms with Crippen LogP contribution < -0.4 is 5.73 Å². The Morgan fingerprint density at radius 2 is 2.15 bits per heavy atom. The van der Waals surface area contributed by atoms with Crippen LogP contribution in [0.5, 0.6) is 0 Å². The molecule has 1 aromatic carbocycles. The zero-order valence-electron chi connectivity index (χ0n) is 12.9. The number of aryl methyl sites for hydroxylation is 2. The number of hydrogen-bond acceptors (Lipinski definition) is 2. The molecule has 20 heavy (non-hydrogen) atoms. The van der Waals surface area contributed by atoms with Crippen molar-refractivity contribution in [3.63, 3.8) is 0 Å². The first-order chi connectivity index (χ1) is 9.56. The molecule has 1 aliphatic heterocycles. The van der Waals surface area contributed by atoms with E-state index in [-0.39, 0.29) is 11.9 Å². The van der Waals surface area contributed by atoms with Gasteiger partial charge >= 0.3 is 0 Å². The zero-order valence-corrected chi connectivity index (χ0v) is 12.9. The molecule has 3 nitrogen and oxygen atoms in total. The first-order valence-electron chi connectivity index (χ1n) is 7.65. The lowest BCUT2D eigenvalue weighted by Crippen LogP contribution is -2.49. The summed E-state index contributed by atoms with van der Waals surface area (Å²) in [5.74, 6) is 0.860. The molecule has 1 amide bonds. The molecular weight excluding hydrogens is 248 g/mol. The van der Waals surface area contributed by atoms with Crippen molar-refractivity contribution in [2.24, 2.45) is 11.7 Å². The van der Waals surface area contributed by atoms with Crippen LogP contribution in [0.4, 0.5) is 0 Å². The summed E-state index contributed by atoms with van der Waals surface area (Å²) in [6.07, 6.45) is 3.33. The van der Waals surface area contributed by atoms with Crippen molar-refractivity contribution < 1.29 is 4.79 Å². The number of amides is 1. The number of nitrogens with two attached hydrogens (primary N) is 1. The van der Waals surface area contributed by atoms with E-state index in [4.69, 9.17) is 5.73 Å². The third-order valence-corrected chi connectivity index (χ3v) is 4.55. The molecule has 2 atom stereocenters. The summed E-state index contributed by atoms with van der Waals surface area (Å²) in [6, 6.07) is 6.23. The van der Waals surface area contributed by atoms with Gasteiger partial charge in [0.2, 0.25) is 0 Å². The van der Waals surface area contributed by atoms with Crippen LogP contribution >= 0.6 is 0 Å². The minimum Gasteiger partial charge on any atom is -0.334 e. The minimum atomic E-state index is 0.146. The van der Waals surface area contributed by atoms with Gasteiger partial charge in [-0.05, 0) is 44.2 Å². The molecule has 1 saturated heterocycles. The molecule has 2 N–H and O–H groups in total. The zero-order chi connectivity index (χ0) is 14.7. The second kappa shape index (κ2) is 6.40. The fraction of sp³-hybridized carbons (Fsp3) is 0.588. The fourth-order valence-corrected chi connectivity index (χ4v) is 3.20. The molecular formula is C17H26N2O. The van der Waals surface area contributed by atoms with Crippen LogP contribution in [0.3, 0.4) is 0 Å². The van der Waals surface area contributed by atoms with E-state index >= 15 is 0 Å². The van der Waals surface area contributed by atoms with Crippen LogP contribution in [0.1, 0.15) is 47.7 Å². The van der Waals surface area contributed by atoms with E-state index in [1.807, 2.05) is 24.0 Å². The quantitative estimate of drug-likeness (QED) is 0.921. The van der Waals surface area contributed by atoms with Crippen LogP contribution in [-0.2, 0) is 0 Å². The Balaban J connectivity index is 2.19. The molecule has 110 valence electrons. The van der Waals surface area contributed by atoms with E-state index in [1.54, 1.807) is 0 Å². The third-order valence-electron chi connectivity index (χ3n) is 4.55. The number of piperidine rings is 1. The molecule has 1 fully saturated rings. The second-order valence-corrected chi connectivity index (χ2v) is 6.01. The largest absolute Gasteiger partial charge is 0.334 e. The maximum atomic E-state index is 12.8. The molecule has 0 saturated carbocycles. The highest BCUT2D eigenvalue weighted by molar-refractivity contribution is 5.96. The van der Waals surface area contributed by atoms with E-state index in [2.05, 4.69) is 19.9 Å². The minimum absolute atomic E-state index is 0.146. The number of carbonyl (C=O) groups is 1. The molecule has 0 aliphatic carbocycles. The van der Waals surface area contributed by atoms with Crippen molar-refractivity contribution in [1.82, 2.24) is 4.90 Å². The monoisotopic (exact) mass is 274 g/mol. The average molecular weight is 274 g/mol. The van der Waals surface area contributed by atoms with E-state index in [0.29, 0.717) is 12.5 Å². The molecule has 1 aromatic rings. The summed E-state index contributed by atoms with van der Waals surface area (Å²) in [7, 11) is 0. The molecule has 1 aliphatic rings. The molecule has 2 unspecified atom stereocenters. The standard InChI is InChI=1S/C17H26N2O/c1-4-14-7-8-19(15(10-14)11-18)17(20)16-6-5-12(2)9-13(16)3/h5-6,9,14-15H,4,7-8,10-11,18H2,1-3H3. The summed E-state index contributed by atoms with van der Waals surface area (Å²) >= 11 is 0. The maximum Gasteiger partial charge on any atom is 0.254 e. The van der Waals surface area contributed by atoms with Gasteiger partial charge in [0, 0.05) is 24.7 Å². The predicted molar refractivity (Wildman–Crippen MR) is 82.8 cm³/mol. The lowest BCUT2D eigenvalue weighted by molar-refractivity contribution is 0.0558. The highest BCUT2D eigenvalue weighted by Gasteiger charge is 2.30. The normalized spacial score (nSPS) is 22.9. The Kier molecular flexibility index (Phi) is 4.81. The number of carbonyl (C=O) groups excluding carboxylic acids is 1. The average Bonchev–Trinajstić information content (AvgIpc) is 2.46. The number of nitrogens with zero attached hydrogens (tertiary/aromatic N) is 1. The first-order valence-corrected chi connectivity index (χ1v) is 7.65. The SMILES string of the molecule is CCC1CCN(C(=O)c2ccc(C)cc2C)C(CN)C1. The molecule has 0 spiro atoms. The first kappa shape index (κ1) is 15.0. The van der Waals surface area contributed by atoms with E-state index in [9.17, 15) is 4.79 Å². The predicted octanol–water partition coefficient (Wildman–Crippen LogP) is 2.89. The highest BCUT2D eigenvalue weighted by atomic mass is 16.2. The van der Waals surface area contributed by atoms with Gasteiger partial charge in [-0.1, -0.05) is 31.0 Å². The summed E-state index contributed by atoms with van der Waals surface area (Å²) < 4.78 is 0. The van der Waals surface area contributed by atoms with Crippen molar-refractivity contribution in [3.8, 4) is 0 Å². The third kappa shape index (κ3) is 3.04. The van der Waals surface area contributed by atoms with Crippen molar-refractivity contribution in [3.05, 3.63) is 34.9 Å². The lowest BCUT2D eigenvalue weighted by Gasteiger charge is -2.39. The van der Waals surface area contributed by atoms with Crippen molar-refractivity contribution >= 4 is 5.91 Å². The summed E-state index contributed by atoms with van der Waals surface area (Å²) in [5.41, 5.74) is 8.97. The number of hydrogen-bond donors (Lipinski definition) is 1. The van der Waals surface area contributed by atoms with Gasteiger partial charge in [-0.3, -0.25) is 4.79 Å². The molecule has 2 rings (SSSR count).